The van der Waals surface area contributed by atoms with Crippen molar-refractivity contribution in [2.75, 3.05) is 33.7 Å². The van der Waals surface area contributed by atoms with E-state index in [0.29, 0.717) is 16.7 Å². The molecule has 0 aliphatic rings. The van der Waals surface area contributed by atoms with Gasteiger partial charge in [-0.2, -0.15) is 0 Å². The Morgan fingerprint density at radius 2 is 2.00 bits per heavy atom. The summed E-state index contributed by atoms with van der Waals surface area (Å²) in [5.41, 5.74) is 1.01. The van der Waals surface area contributed by atoms with Gasteiger partial charge in [-0.3, -0.25) is 4.99 Å². The Bertz CT molecular complexity index is 490. The minimum atomic E-state index is 0. The third-order valence-electron chi connectivity index (χ3n) is 3.56. The molecule has 0 atom stereocenters. The van der Waals surface area contributed by atoms with Crippen molar-refractivity contribution in [1.82, 2.24) is 20.1 Å². The van der Waals surface area contributed by atoms with E-state index in [1.54, 1.807) is 7.05 Å². The maximum atomic E-state index is 6.06. The van der Waals surface area contributed by atoms with Crippen molar-refractivity contribution in [2.45, 2.75) is 26.3 Å². The summed E-state index contributed by atoms with van der Waals surface area (Å²) in [5.74, 6) is 0.775. The van der Waals surface area contributed by atoms with Gasteiger partial charge in [0.2, 0.25) is 0 Å². The van der Waals surface area contributed by atoms with Crippen molar-refractivity contribution in [1.29, 1.82) is 0 Å². The summed E-state index contributed by atoms with van der Waals surface area (Å²) >= 11 is 12.1. The highest BCUT2D eigenvalue weighted by Crippen LogP contribution is 2.24. The normalized spacial score (nSPS) is 11.5. The number of likely N-dealkylation sites (N-methyl/N-ethyl adjacent to an activating group) is 1. The molecule has 0 fully saturated rings. The molecule has 0 aliphatic heterocycles. The topological polar surface area (TPSA) is 44.6 Å². The van der Waals surface area contributed by atoms with Crippen molar-refractivity contribution < 1.29 is 0 Å². The number of rotatable bonds is 8. The lowest BCUT2D eigenvalue weighted by Gasteiger charge is -2.18. The molecule has 0 aliphatic carbocycles. The lowest BCUT2D eigenvalue weighted by molar-refractivity contribution is 0.332. The summed E-state index contributed by atoms with van der Waals surface area (Å²) in [7, 11) is 5.80. The van der Waals surface area contributed by atoms with E-state index in [-0.39, 0.29) is 24.0 Å². The highest BCUT2D eigenvalue weighted by atomic mass is 127. The second-order valence-electron chi connectivity index (χ2n) is 5.34. The predicted molar refractivity (Wildman–Crippen MR) is 111 cm³/mol. The van der Waals surface area contributed by atoms with Crippen LogP contribution in [0.25, 0.3) is 0 Å². The quantitative estimate of drug-likeness (QED) is 0.344. The van der Waals surface area contributed by atoms with E-state index in [1.165, 1.54) is 12.8 Å². The number of nitrogens with zero attached hydrogens (tertiary/aromatic N) is 3. The summed E-state index contributed by atoms with van der Waals surface area (Å²) in [5, 5.41) is 7.70. The highest BCUT2D eigenvalue weighted by molar-refractivity contribution is 14.0. The van der Waals surface area contributed by atoms with Crippen LogP contribution in [0.2, 0.25) is 10.2 Å². The molecule has 1 aromatic heterocycles. The maximum Gasteiger partial charge on any atom is 0.191 e. The molecule has 1 heterocycles. The number of halogens is 3. The van der Waals surface area contributed by atoms with E-state index >= 15 is 0 Å². The Kier molecular flexibility index (Phi) is 12.1. The molecule has 1 rings (SSSR count). The first-order valence-electron chi connectivity index (χ1n) is 7.62. The van der Waals surface area contributed by atoms with Crippen LogP contribution < -0.4 is 10.6 Å². The highest BCUT2D eigenvalue weighted by Gasteiger charge is 2.09. The largest absolute Gasteiger partial charge is 0.355 e. The molecule has 0 amide bonds. The summed E-state index contributed by atoms with van der Waals surface area (Å²) < 4.78 is 1.86. The average Bonchev–Trinajstić information content (AvgIpc) is 2.75. The smallest absolute Gasteiger partial charge is 0.191 e. The third-order valence-corrected chi connectivity index (χ3v) is 4.40. The summed E-state index contributed by atoms with van der Waals surface area (Å²) in [6.07, 6.45) is 2.46. The van der Waals surface area contributed by atoms with Crippen molar-refractivity contribution in [2.24, 2.45) is 12.0 Å². The molecular formula is C15H28Cl2IN5. The average molecular weight is 476 g/mol. The van der Waals surface area contributed by atoms with Gasteiger partial charge in [0.05, 0.1) is 11.6 Å². The number of guanidine groups is 1. The number of aliphatic imine (C=N–C) groups is 1. The van der Waals surface area contributed by atoms with Crippen LogP contribution >= 0.6 is 47.2 Å². The van der Waals surface area contributed by atoms with Crippen LogP contribution in [0.4, 0.5) is 0 Å². The third kappa shape index (κ3) is 7.96. The molecule has 0 unspecified atom stereocenters. The van der Waals surface area contributed by atoms with Gasteiger partial charge in [0.15, 0.2) is 5.96 Å². The zero-order valence-electron chi connectivity index (χ0n) is 14.3. The van der Waals surface area contributed by atoms with Gasteiger partial charge in [-0.15, -0.1) is 24.0 Å². The molecule has 0 radical (unpaired) electrons. The van der Waals surface area contributed by atoms with Gasteiger partial charge in [0.25, 0.3) is 0 Å². The molecule has 0 spiro atoms. The van der Waals surface area contributed by atoms with Crippen LogP contribution in [-0.2, 0) is 13.6 Å². The van der Waals surface area contributed by atoms with Crippen LogP contribution in [0.1, 0.15) is 25.5 Å². The van der Waals surface area contributed by atoms with Gasteiger partial charge in [-0.05, 0) is 26.1 Å². The van der Waals surface area contributed by atoms with E-state index in [0.717, 1.165) is 31.3 Å². The number of unbranched alkanes of at least 4 members (excludes halogenated alkanes) is 1. The van der Waals surface area contributed by atoms with Crippen LogP contribution in [0.15, 0.2) is 11.1 Å². The number of nitrogens with one attached hydrogen (secondary N) is 2. The molecule has 0 saturated carbocycles. The fourth-order valence-corrected chi connectivity index (χ4v) is 2.47. The molecule has 8 heteroatoms. The molecule has 23 heavy (non-hydrogen) atoms. The standard InChI is InChI=1S/C15H27Cl2N5.HI/c1-5-6-8-21(3)9-7-19-15(18-2)20-11-12-10-13(16)14(17)22(12)4;/h10H,5-9,11H2,1-4H3,(H2,18,19,20);1H. The van der Waals surface area contributed by atoms with E-state index in [2.05, 4.69) is 34.5 Å². The predicted octanol–water partition coefficient (Wildman–Crippen LogP) is 3.35. The molecule has 134 valence electrons. The monoisotopic (exact) mass is 475 g/mol. The first-order chi connectivity index (χ1) is 10.5. The molecular weight excluding hydrogens is 448 g/mol. The number of hydrogen-bond acceptors (Lipinski definition) is 2. The zero-order chi connectivity index (χ0) is 16.5. The molecule has 0 bridgehead atoms. The van der Waals surface area contributed by atoms with Crippen LogP contribution in [-0.4, -0.2) is 49.2 Å². The van der Waals surface area contributed by atoms with Gasteiger partial charge in [0, 0.05) is 32.9 Å². The van der Waals surface area contributed by atoms with Crippen LogP contribution in [0.3, 0.4) is 0 Å². The van der Waals surface area contributed by atoms with Crippen molar-refractivity contribution in [3.8, 4) is 0 Å². The Labute approximate surface area is 166 Å². The number of aromatic nitrogens is 1. The van der Waals surface area contributed by atoms with Gasteiger partial charge in [-0.25, -0.2) is 0 Å². The molecule has 0 saturated heterocycles. The maximum absolute atomic E-state index is 6.06. The Hall–Kier alpha value is -0.180. The van der Waals surface area contributed by atoms with Crippen molar-refractivity contribution in [3.63, 3.8) is 0 Å². The first-order valence-corrected chi connectivity index (χ1v) is 8.37. The Morgan fingerprint density at radius 1 is 1.30 bits per heavy atom. The van der Waals surface area contributed by atoms with Gasteiger partial charge >= 0.3 is 0 Å². The van der Waals surface area contributed by atoms with E-state index < -0.39 is 0 Å². The fraction of sp³-hybridized carbons (Fsp3) is 0.667. The van der Waals surface area contributed by atoms with Gasteiger partial charge in [0.1, 0.15) is 5.15 Å². The van der Waals surface area contributed by atoms with E-state index in [4.69, 9.17) is 23.2 Å². The van der Waals surface area contributed by atoms with Crippen LogP contribution in [0, 0.1) is 0 Å². The van der Waals surface area contributed by atoms with Crippen LogP contribution in [0.5, 0.6) is 0 Å². The summed E-state index contributed by atoms with van der Waals surface area (Å²) in [6, 6.07) is 1.86. The number of hydrogen-bond donors (Lipinski definition) is 2. The Morgan fingerprint density at radius 3 is 2.52 bits per heavy atom. The Balaban J connectivity index is 0.00000484. The van der Waals surface area contributed by atoms with E-state index in [1.807, 2.05) is 17.7 Å². The zero-order valence-corrected chi connectivity index (χ0v) is 18.2. The lowest BCUT2D eigenvalue weighted by atomic mass is 10.3. The minimum absolute atomic E-state index is 0. The second-order valence-corrected chi connectivity index (χ2v) is 6.11. The molecule has 0 aromatic carbocycles. The lowest BCUT2D eigenvalue weighted by Crippen LogP contribution is -2.40. The summed E-state index contributed by atoms with van der Waals surface area (Å²) in [6.45, 7) is 5.80. The van der Waals surface area contributed by atoms with Crippen molar-refractivity contribution >= 4 is 53.1 Å². The first kappa shape index (κ1) is 22.8. The fourth-order valence-electron chi connectivity index (χ4n) is 2.06. The minimum Gasteiger partial charge on any atom is -0.355 e. The summed E-state index contributed by atoms with van der Waals surface area (Å²) in [4.78, 5) is 6.54. The second kappa shape index (κ2) is 12.2. The van der Waals surface area contributed by atoms with Gasteiger partial charge < -0.3 is 20.1 Å². The molecule has 1 aromatic rings. The van der Waals surface area contributed by atoms with E-state index in [9.17, 15) is 0 Å². The molecule has 5 nitrogen and oxygen atoms in total. The SMILES string of the molecule is CCCCN(C)CCNC(=NC)NCc1cc(Cl)c(Cl)n1C.I. The van der Waals surface area contributed by atoms with Gasteiger partial charge in [-0.1, -0.05) is 36.5 Å². The van der Waals surface area contributed by atoms with Crippen molar-refractivity contribution in [3.05, 3.63) is 21.9 Å². The molecule has 2 N–H and O–H groups in total.